The maximum Gasteiger partial charge on any atom is 0.212 e. The number of ether oxygens (including phenoxy) is 1. The second-order valence-corrected chi connectivity index (χ2v) is 6.81. The number of rotatable bonds is 3. The van der Waals surface area contributed by atoms with Crippen LogP contribution in [-0.4, -0.2) is 42.2 Å². The quantitative estimate of drug-likeness (QED) is 0.920. The molecule has 0 saturated carbocycles. The van der Waals surface area contributed by atoms with Gasteiger partial charge in [-0.25, -0.2) is 4.98 Å². The number of hydrogen-bond donors (Lipinski definition) is 1. The Morgan fingerprint density at radius 2 is 2.15 bits per heavy atom. The summed E-state index contributed by atoms with van der Waals surface area (Å²) < 4.78 is 5.11. The van der Waals surface area contributed by atoms with E-state index in [1.165, 1.54) is 5.56 Å². The molecular weight excluding hydrogens is 250 g/mol. The van der Waals surface area contributed by atoms with Crippen LogP contribution in [-0.2, 0) is 6.54 Å². The highest BCUT2D eigenvalue weighted by atomic mass is 16.5. The first kappa shape index (κ1) is 15.3. The Balaban J connectivity index is 2.02. The molecule has 0 bridgehead atoms. The number of nitrogens with zero attached hydrogens (tertiary/aromatic N) is 2. The van der Waals surface area contributed by atoms with Crippen LogP contribution in [0.4, 0.5) is 0 Å². The van der Waals surface area contributed by atoms with Crippen LogP contribution in [0.1, 0.15) is 33.3 Å². The molecule has 4 nitrogen and oxygen atoms in total. The summed E-state index contributed by atoms with van der Waals surface area (Å²) in [4.78, 5) is 6.83. The van der Waals surface area contributed by atoms with Crippen LogP contribution < -0.4 is 10.1 Å². The van der Waals surface area contributed by atoms with E-state index in [0.717, 1.165) is 19.6 Å². The summed E-state index contributed by atoms with van der Waals surface area (Å²) in [6.07, 6.45) is 1.92. The molecule has 0 spiro atoms. The molecule has 0 radical (unpaired) electrons. The minimum absolute atomic E-state index is 0.288. The normalized spacial score (nSPS) is 24.6. The summed E-state index contributed by atoms with van der Waals surface area (Å²) in [5, 5.41) is 3.67. The molecule has 20 heavy (non-hydrogen) atoms. The molecule has 0 aliphatic carbocycles. The van der Waals surface area contributed by atoms with Crippen LogP contribution in [0.25, 0.3) is 0 Å². The van der Waals surface area contributed by atoms with Gasteiger partial charge in [-0.15, -0.1) is 0 Å². The third-order valence-corrected chi connectivity index (χ3v) is 4.14. The Morgan fingerprint density at radius 1 is 1.40 bits per heavy atom. The Kier molecular flexibility index (Phi) is 4.66. The average Bonchev–Trinajstić information content (AvgIpc) is 2.41. The number of nitrogens with one attached hydrogen (secondary N) is 1. The lowest BCUT2D eigenvalue weighted by Crippen LogP contribution is -2.59. The lowest BCUT2D eigenvalue weighted by molar-refractivity contribution is 0.0876. The van der Waals surface area contributed by atoms with Crippen molar-refractivity contribution in [3.05, 3.63) is 23.9 Å². The van der Waals surface area contributed by atoms with E-state index in [1.807, 2.05) is 12.3 Å². The molecule has 2 heterocycles. The van der Waals surface area contributed by atoms with Gasteiger partial charge in [0.2, 0.25) is 5.88 Å². The molecule has 4 heteroatoms. The van der Waals surface area contributed by atoms with Crippen molar-refractivity contribution in [2.24, 2.45) is 5.41 Å². The van der Waals surface area contributed by atoms with Gasteiger partial charge in [-0.3, -0.25) is 4.90 Å². The number of aromatic nitrogens is 1. The molecule has 1 aromatic rings. The van der Waals surface area contributed by atoms with Gasteiger partial charge >= 0.3 is 0 Å². The van der Waals surface area contributed by atoms with Gasteiger partial charge in [-0.2, -0.15) is 0 Å². The summed E-state index contributed by atoms with van der Waals surface area (Å²) >= 11 is 0. The second-order valence-electron chi connectivity index (χ2n) is 6.81. The van der Waals surface area contributed by atoms with Crippen LogP contribution in [0.15, 0.2) is 18.3 Å². The first-order valence-corrected chi connectivity index (χ1v) is 7.36. The van der Waals surface area contributed by atoms with E-state index in [9.17, 15) is 0 Å². The van der Waals surface area contributed by atoms with Crippen molar-refractivity contribution in [3.8, 4) is 5.88 Å². The van der Waals surface area contributed by atoms with E-state index in [1.54, 1.807) is 7.11 Å². The smallest absolute Gasteiger partial charge is 0.212 e. The topological polar surface area (TPSA) is 37.4 Å². The van der Waals surface area contributed by atoms with E-state index < -0.39 is 0 Å². The van der Waals surface area contributed by atoms with Crippen LogP contribution in [0.3, 0.4) is 0 Å². The Labute approximate surface area is 122 Å². The largest absolute Gasteiger partial charge is 0.481 e. The lowest BCUT2D eigenvalue weighted by Gasteiger charge is -2.44. The fraction of sp³-hybridized carbons (Fsp3) is 0.688. The average molecular weight is 277 g/mol. The standard InChI is InChI=1S/C16H27N3O/c1-12-8-17-14(16(2,3)4)11-19(12)10-13-6-7-15(20-5)18-9-13/h6-7,9,12,14,17H,8,10-11H2,1-5H3. The zero-order valence-electron chi connectivity index (χ0n) is 13.3. The van der Waals surface area contributed by atoms with Crippen molar-refractivity contribution in [1.29, 1.82) is 0 Å². The predicted octanol–water partition coefficient (Wildman–Crippen LogP) is 2.30. The molecule has 112 valence electrons. The minimum Gasteiger partial charge on any atom is -0.481 e. The van der Waals surface area contributed by atoms with Crippen LogP contribution in [0, 0.1) is 5.41 Å². The number of piperazine rings is 1. The maximum atomic E-state index is 5.11. The van der Waals surface area contributed by atoms with E-state index >= 15 is 0 Å². The maximum absolute atomic E-state index is 5.11. The number of pyridine rings is 1. The van der Waals surface area contributed by atoms with Crippen LogP contribution >= 0.6 is 0 Å². The number of methoxy groups -OCH3 is 1. The monoisotopic (exact) mass is 277 g/mol. The molecule has 2 atom stereocenters. The zero-order chi connectivity index (χ0) is 14.8. The van der Waals surface area contributed by atoms with Crippen molar-refractivity contribution in [2.45, 2.75) is 46.3 Å². The highest BCUT2D eigenvalue weighted by molar-refractivity contribution is 5.18. The Hall–Kier alpha value is -1.13. The molecule has 1 N–H and O–H groups in total. The van der Waals surface area contributed by atoms with Gasteiger partial charge in [-0.05, 0) is 17.9 Å². The predicted molar refractivity (Wildman–Crippen MR) is 81.9 cm³/mol. The van der Waals surface area contributed by atoms with Crippen LogP contribution in [0.2, 0.25) is 0 Å². The summed E-state index contributed by atoms with van der Waals surface area (Å²) in [6, 6.07) is 5.12. The molecule has 1 aliphatic rings. The van der Waals surface area contributed by atoms with Gasteiger partial charge in [0.05, 0.1) is 7.11 Å². The lowest BCUT2D eigenvalue weighted by atomic mass is 9.84. The fourth-order valence-electron chi connectivity index (χ4n) is 2.58. The van der Waals surface area contributed by atoms with E-state index in [0.29, 0.717) is 18.0 Å². The highest BCUT2D eigenvalue weighted by Crippen LogP contribution is 2.24. The van der Waals surface area contributed by atoms with Gasteiger partial charge < -0.3 is 10.1 Å². The van der Waals surface area contributed by atoms with Gasteiger partial charge in [0, 0.05) is 44.0 Å². The molecule has 2 rings (SSSR count). The molecule has 2 unspecified atom stereocenters. The van der Waals surface area contributed by atoms with Crippen LogP contribution in [0.5, 0.6) is 5.88 Å². The van der Waals surface area contributed by atoms with Gasteiger partial charge in [-0.1, -0.05) is 26.8 Å². The number of hydrogen-bond acceptors (Lipinski definition) is 4. The fourth-order valence-corrected chi connectivity index (χ4v) is 2.58. The van der Waals surface area contributed by atoms with Gasteiger partial charge in [0.15, 0.2) is 0 Å². The molecule has 0 amide bonds. The second kappa shape index (κ2) is 6.10. The van der Waals surface area contributed by atoms with Gasteiger partial charge in [0.25, 0.3) is 0 Å². The molecule has 1 aliphatic heterocycles. The van der Waals surface area contributed by atoms with Gasteiger partial charge in [0.1, 0.15) is 0 Å². The summed E-state index contributed by atoms with van der Waals surface area (Å²) in [6.45, 7) is 12.3. The summed E-state index contributed by atoms with van der Waals surface area (Å²) in [5.74, 6) is 0.676. The first-order valence-electron chi connectivity index (χ1n) is 7.36. The van der Waals surface area contributed by atoms with Crippen molar-refractivity contribution in [3.63, 3.8) is 0 Å². The molecule has 1 fully saturated rings. The molecule has 0 aromatic carbocycles. The molecular formula is C16H27N3O. The van der Waals surface area contributed by atoms with E-state index in [-0.39, 0.29) is 5.41 Å². The third kappa shape index (κ3) is 3.70. The summed E-state index contributed by atoms with van der Waals surface area (Å²) in [5.41, 5.74) is 1.53. The summed E-state index contributed by atoms with van der Waals surface area (Å²) in [7, 11) is 1.65. The third-order valence-electron chi connectivity index (χ3n) is 4.14. The molecule has 1 saturated heterocycles. The minimum atomic E-state index is 0.288. The molecule has 1 aromatic heterocycles. The highest BCUT2D eigenvalue weighted by Gasteiger charge is 2.32. The van der Waals surface area contributed by atoms with Crippen molar-refractivity contribution >= 4 is 0 Å². The first-order chi connectivity index (χ1) is 9.40. The van der Waals surface area contributed by atoms with Crippen molar-refractivity contribution in [1.82, 2.24) is 15.2 Å². The zero-order valence-corrected chi connectivity index (χ0v) is 13.3. The van der Waals surface area contributed by atoms with Crippen molar-refractivity contribution < 1.29 is 4.74 Å². The SMILES string of the molecule is COc1ccc(CN2CC(C(C)(C)C)NCC2C)cn1. The Morgan fingerprint density at radius 3 is 2.70 bits per heavy atom. The van der Waals surface area contributed by atoms with E-state index in [2.05, 4.69) is 49.0 Å². The Bertz CT molecular complexity index is 424. The van der Waals surface area contributed by atoms with Crippen molar-refractivity contribution in [2.75, 3.05) is 20.2 Å². The van der Waals surface area contributed by atoms with E-state index in [4.69, 9.17) is 4.74 Å².